The van der Waals surface area contributed by atoms with E-state index in [4.69, 9.17) is 15.9 Å². The number of nitrogens with zero attached hydrogens (tertiary/aromatic N) is 1. The third-order valence-electron chi connectivity index (χ3n) is 7.08. The van der Waals surface area contributed by atoms with Gasteiger partial charge in [-0.25, -0.2) is 0 Å². The van der Waals surface area contributed by atoms with Gasteiger partial charge in [0.25, 0.3) is 0 Å². The number of carbonyl (C=O) groups is 2. The Morgan fingerprint density at radius 3 is 1.94 bits per heavy atom. The molecule has 2 aliphatic carbocycles. The zero-order valence-electron chi connectivity index (χ0n) is 21.0. The molecule has 1 heterocycles. The van der Waals surface area contributed by atoms with Crippen LogP contribution < -0.4 is 4.74 Å². The highest BCUT2D eigenvalue weighted by molar-refractivity contribution is 6.06. The number of hydrogen-bond donors (Lipinski definition) is 0. The Kier molecular flexibility index (Phi) is 6.48. The SMILES string of the molecule is C#CCOc1ccc(C2C3=C(CC(C)(C)CC3=O)N(CCOC)C3=C2C(=O)CC(C)(C)C3)cc1. The van der Waals surface area contributed by atoms with Gasteiger partial charge < -0.3 is 14.4 Å². The maximum atomic E-state index is 13.7. The van der Waals surface area contributed by atoms with Crippen molar-refractivity contribution < 1.29 is 19.1 Å². The summed E-state index contributed by atoms with van der Waals surface area (Å²) in [7, 11) is 1.69. The van der Waals surface area contributed by atoms with Gasteiger partial charge in [0, 0.05) is 55.0 Å². The average molecular weight is 462 g/mol. The van der Waals surface area contributed by atoms with E-state index in [1.165, 1.54) is 0 Å². The lowest BCUT2D eigenvalue weighted by molar-refractivity contribution is -0.119. The predicted octanol–water partition coefficient (Wildman–Crippen LogP) is 5.03. The van der Waals surface area contributed by atoms with Crippen molar-refractivity contribution in [1.29, 1.82) is 0 Å². The summed E-state index contributed by atoms with van der Waals surface area (Å²) in [6.07, 6.45) is 7.86. The fourth-order valence-corrected chi connectivity index (χ4v) is 5.72. The molecule has 3 aliphatic rings. The van der Waals surface area contributed by atoms with Crippen molar-refractivity contribution in [2.45, 2.75) is 59.3 Å². The summed E-state index contributed by atoms with van der Waals surface area (Å²) in [5.74, 6) is 3.07. The number of Topliss-reactive ketones (excluding diaryl/α,β-unsaturated/α-hetero) is 2. The maximum absolute atomic E-state index is 13.7. The number of benzene rings is 1. The molecule has 0 saturated heterocycles. The molecule has 1 aromatic rings. The van der Waals surface area contributed by atoms with Crippen LogP contribution in [0.25, 0.3) is 0 Å². The second-order valence-electron chi connectivity index (χ2n) is 11.2. The molecule has 0 bridgehead atoms. The van der Waals surface area contributed by atoms with Gasteiger partial charge in [0.15, 0.2) is 11.6 Å². The van der Waals surface area contributed by atoms with Crippen LogP contribution in [0.2, 0.25) is 0 Å². The van der Waals surface area contributed by atoms with Gasteiger partial charge in [-0.3, -0.25) is 9.59 Å². The molecule has 0 amide bonds. The van der Waals surface area contributed by atoms with E-state index in [1.54, 1.807) is 7.11 Å². The molecule has 4 rings (SSSR count). The first-order valence-electron chi connectivity index (χ1n) is 12.0. The first-order valence-corrected chi connectivity index (χ1v) is 12.0. The Morgan fingerprint density at radius 2 is 1.47 bits per heavy atom. The largest absolute Gasteiger partial charge is 0.481 e. The van der Waals surface area contributed by atoms with Crippen molar-refractivity contribution in [3.05, 3.63) is 52.4 Å². The van der Waals surface area contributed by atoms with Crippen LogP contribution in [0.5, 0.6) is 5.75 Å². The molecular weight excluding hydrogens is 426 g/mol. The van der Waals surface area contributed by atoms with Crippen molar-refractivity contribution in [3.8, 4) is 18.1 Å². The molecular formula is C29H35NO4. The summed E-state index contributed by atoms with van der Waals surface area (Å²) in [5.41, 5.74) is 4.34. The smallest absolute Gasteiger partial charge is 0.162 e. The van der Waals surface area contributed by atoms with Crippen molar-refractivity contribution in [1.82, 2.24) is 4.90 Å². The van der Waals surface area contributed by atoms with E-state index < -0.39 is 0 Å². The standard InChI is InChI=1S/C29H35NO4/c1-7-13-34-20-10-8-19(9-11-20)25-26-21(15-28(2,3)17-23(26)31)30(12-14-33-6)22-16-29(4,5)18-24(32)27(22)25/h1,8-11,25H,12-18H2,2-6H3. The normalized spacial score (nSPS) is 21.8. The predicted molar refractivity (Wildman–Crippen MR) is 132 cm³/mol. The lowest BCUT2D eigenvalue weighted by Gasteiger charge is -2.49. The fraction of sp³-hybridized carbons (Fsp3) is 0.517. The quantitative estimate of drug-likeness (QED) is 0.556. The summed E-state index contributed by atoms with van der Waals surface area (Å²) < 4.78 is 11.0. The van der Waals surface area contributed by atoms with Gasteiger partial charge in [-0.15, -0.1) is 6.42 Å². The highest BCUT2D eigenvalue weighted by atomic mass is 16.5. The number of allylic oxidation sites excluding steroid dienone is 4. The molecule has 34 heavy (non-hydrogen) atoms. The van der Waals surface area contributed by atoms with E-state index in [-0.39, 0.29) is 34.9 Å². The summed E-state index contributed by atoms with van der Waals surface area (Å²) in [5, 5.41) is 0. The summed E-state index contributed by atoms with van der Waals surface area (Å²) >= 11 is 0. The lowest BCUT2D eigenvalue weighted by atomic mass is 9.63. The Balaban J connectivity index is 1.90. The summed E-state index contributed by atoms with van der Waals surface area (Å²) in [6, 6.07) is 7.69. The first kappa shape index (κ1) is 24.3. The van der Waals surface area contributed by atoms with Gasteiger partial charge >= 0.3 is 0 Å². The van der Waals surface area contributed by atoms with Crippen molar-refractivity contribution in [3.63, 3.8) is 0 Å². The molecule has 0 saturated carbocycles. The zero-order chi connectivity index (χ0) is 24.7. The Hall–Kier alpha value is -2.84. The van der Waals surface area contributed by atoms with Crippen LogP contribution in [-0.2, 0) is 14.3 Å². The van der Waals surface area contributed by atoms with Gasteiger partial charge in [0.2, 0.25) is 0 Å². The number of methoxy groups -OCH3 is 1. The topological polar surface area (TPSA) is 55.8 Å². The van der Waals surface area contributed by atoms with Crippen LogP contribution in [0, 0.1) is 23.2 Å². The van der Waals surface area contributed by atoms with Gasteiger partial charge in [0.05, 0.1) is 6.61 Å². The molecule has 0 radical (unpaired) electrons. The maximum Gasteiger partial charge on any atom is 0.162 e. The first-order chi connectivity index (χ1) is 16.1. The van der Waals surface area contributed by atoms with Crippen LogP contribution in [0.15, 0.2) is 46.8 Å². The summed E-state index contributed by atoms with van der Waals surface area (Å²) in [6.45, 7) is 9.95. The van der Waals surface area contributed by atoms with Crippen LogP contribution in [0.3, 0.4) is 0 Å². The molecule has 1 aliphatic heterocycles. The van der Waals surface area contributed by atoms with Crippen LogP contribution in [-0.4, -0.2) is 43.3 Å². The number of hydrogen-bond acceptors (Lipinski definition) is 5. The molecule has 0 N–H and O–H groups in total. The van der Waals surface area contributed by atoms with Gasteiger partial charge in [-0.2, -0.15) is 0 Å². The zero-order valence-corrected chi connectivity index (χ0v) is 21.0. The van der Waals surface area contributed by atoms with E-state index in [0.717, 1.165) is 40.9 Å². The molecule has 0 atom stereocenters. The molecule has 1 aromatic carbocycles. The minimum atomic E-state index is -0.349. The minimum Gasteiger partial charge on any atom is -0.481 e. The van der Waals surface area contributed by atoms with Crippen LogP contribution >= 0.6 is 0 Å². The van der Waals surface area contributed by atoms with Crippen LogP contribution in [0.4, 0.5) is 0 Å². The lowest BCUT2D eigenvalue weighted by Crippen LogP contribution is -2.45. The molecule has 0 unspecified atom stereocenters. The second-order valence-corrected chi connectivity index (χ2v) is 11.2. The highest BCUT2D eigenvalue weighted by Crippen LogP contribution is 2.54. The number of ether oxygens (including phenoxy) is 2. The van der Waals surface area contributed by atoms with E-state index in [2.05, 4.69) is 38.5 Å². The van der Waals surface area contributed by atoms with Gasteiger partial charge in [-0.1, -0.05) is 45.7 Å². The van der Waals surface area contributed by atoms with Gasteiger partial charge in [0.1, 0.15) is 12.4 Å². The average Bonchev–Trinajstić information content (AvgIpc) is 2.74. The van der Waals surface area contributed by atoms with E-state index in [1.807, 2.05) is 24.3 Å². The molecule has 0 spiro atoms. The molecule has 5 heteroatoms. The Bertz CT molecular complexity index is 1040. The fourth-order valence-electron chi connectivity index (χ4n) is 5.72. The van der Waals surface area contributed by atoms with E-state index in [0.29, 0.717) is 31.7 Å². The number of carbonyl (C=O) groups excluding carboxylic acids is 2. The van der Waals surface area contributed by atoms with E-state index in [9.17, 15) is 9.59 Å². The van der Waals surface area contributed by atoms with Gasteiger partial charge in [-0.05, 0) is 41.4 Å². The number of ketones is 2. The van der Waals surface area contributed by atoms with Crippen LogP contribution in [0.1, 0.15) is 64.9 Å². The molecule has 0 fully saturated rings. The summed E-state index contributed by atoms with van der Waals surface area (Å²) in [4.78, 5) is 29.6. The Morgan fingerprint density at radius 1 is 0.941 bits per heavy atom. The molecule has 180 valence electrons. The number of rotatable bonds is 6. The second kappa shape index (κ2) is 9.07. The monoisotopic (exact) mass is 461 g/mol. The molecule has 0 aromatic heterocycles. The molecule has 5 nitrogen and oxygen atoms in total. The third kappa shape index (κ3) is 4.57. The highest BCUT2D eigenvalue weighted by Gasteiger charge is 2.48. The van der Waals surface area contributed by atoms with Crippen molar-refractivity contribution in [2.24, 2.45) is 10.8 Å². The number of terminal acetylenes is 1. The van der Waals surface area contributed by atoms with Crippen molar-refractivity contribution in [2.75, 3.05) is 26.9 Å². The Labute approximate surface area is 203 Å². The minimum absolute atomic E-state index is 0.134. The third-order valence-corrected chi connectivity index (χ3v) is 7.08. The van der Waals surface area contributed by atoms with E-state index >= 15 is 0 Å². The van der Waals surface area contributed by atoms with Crippen molar-refractivity contribution >= 4 is 11.6 Å².